The summed E-state index contributed by atoms with van der Waals surface area (Å²) in [6.45, 7) is 1.81. The largest absolute Gasteiger partial charge is 0.359 e. The Morgan fingerprint density at radius 3 is 2.33 bits per heavy atom. The van der Waals surface area contributed by atoms with E-state index >= 15 is 0 Å². The number of amides is 1. The third kappa shape index (κ3) is 4.75. The van der Waals surface area contributed by atoms with Crippen molar-refractivity contribution in [2.75, 3.05) is 17.5 Å². The molecule has 2 N–H and O–H groups in total. The Morgan fingerprint density at radius 1 is 1.22 bits per heavy atom. The molecule has 18 heavy (non-hydrogen) atoms. The minimum absolute atomic E-state index is 0.0747. The van der Waals surface area contributed by atoms with E-state index in [4.69, 9.17) is 0 Å². The lowest BCUT2D eigenvalue weighted by molar-refractivity contribution is -0.119. The maximum absolute atomic E-state index is 11.5. The average molecular weight is 270 g/mol. The van der Waals surface area contributed by atoms with Gasteiger partial charge in [0.15, 0.2) is 0 Å². The van der Waals surface area contributed by atoms with Crippen LogP contribution in [0.15, 0.2) is 24.3 Å². The van der Waals surface area contributed by atoms with Gasteiger partial charge in [-0.3, -0.25) is 9.52 Å². The summed E-state index contributed by atoms with van der Waals surface area (Å²) in [5.74, 6) is 0.0294. The van der Waals surface area contributed by atoms with E-state index in [1.807, 2.05) is 6.92 Å². The molecular formula is C12H18N2O3S. The van der Waals surface area contributed by atoms with E-state index < -0.39 is 10.0 Å². The van der Waals surface area contributed by atoms with E-state index in [-0.39, 0.29) is 11.7 Å². The molecule has 0 atom stereocenters. The molecule has 0 heterocycles. The highest BCUT2D eigenvalue weighted by Crippen LogP contribution is 2.12. The molecule has 0 bridgehead atoms. The van der Waals surface area contributed by atoms with Crippen LogP contribution >= 0.6 is 0 Å². The summed E-state index contributed by atoms with van der Waals surface area (Å²) in [6.07, 6.45) is 0.864. The first-order valence-corrected chi connectivity index (χ1v) is 7.42. The topological polar surface area (TPSA) is 75.3 Å². The minimum Gasteiger partial charge on any atom is -0.359 e. The molecular weight excluding hydrogens is 252 g/mol. The molecule has 1 aromatic rings. The van der Waals surface area contributed by atoms with Crippen molar-refractivity contribution in [2.24, 2.45) is 0 Å². The first-order valence-electron chi connectivity index (χ1n) is 5.77. The fraction of sp³-hybridized carbons (Fsp3) is 0.417. The molecule has 0 saturated heterocycles. The molecule has 0 aromatic heterocycles. The minimum atomic E-state index is -3.25. The van der Waals surface area contributed by atoms with E-state index in [0.717, 1.165) is 5.56 Å². The molecule has 5 nitrogen and oxygen atoms in total. The molecule has 100 valence electrons. The molecule has 0 spiro atoms. The van der Waals surface area contributed by atoms with Crippen LogP contribution in [-0.4, -0.2) is 27.1 Å². The van der Waals surface area contributed by atoms with Gasteiger partial charge in [0.2, 0.25) is 15.9 Å². The van der Waals surface area contributed by atoms with Gasteiger partial charge in [0, 0.05) is 12.7 Å². The van der Waals surface area contributed by atoms with E-state index in [9.17, 15) is 13.2 Å². The lowest BCUT2D eigenvalue weighted by Gasteiger charge is -2.07. The second-order valence-electron chi connectivity index (χ2n) is 3.97. The summed E-state index contributed by atoms with van der Waals surface area (Å²) in [5.41, 5.74) is 1.36. The predicted molar refractivity (Wildman–Crippen MR) is 71.9 cm³/mol. The van der Waals surface area contributed by atoms with Crippen LogP contribution in [0.2, 0.25) is 0 Å². The number of nitrogens with one attached hydrogen (secondary N) is 2. The Hall–Kier alpha value is -1.56. The van der Waals surface area contributed by atoms with Crippen LogP contribution in [-0.2, 0) is 21.2 Å². The number of hydrogen-bond donors (Lipinski definition) is 2. The first-order chi connectivity index (χ1) is 8.46. The zero-order chi connectivity index (χ0) is 13.6. The fourth-order valence-corrected chi connectivity index (χ4v) is 2.60. The Morgan fingerprint density at radius 2 is 1.83 bits per heavy atom. The van der Waals surface area contributed by atoms with Crippen LogP contribution < -0.4 is 10.0 Å². The average Bonchev–Trinajstić information content (AvgIpc) is 2.31. The highest BCUT2D eigenvalue weighted by Gasteiger charge is 2.08. The normalized spacial score (nSPS) is 11.0. The lowest BCUT2D eigenvalue weighted by atomic mass is 10.1. The number of rotatable bonds is 6. The van der Waals surface area contributed by atoms with Crippen LogP contribution in [0.4, 0.5) is 5.69 Å². The second-order valence-corrected chi connectivity index (χ2v) is 5.81. The quantitative estimate of drug-likeness (QED) is 0.813. The molecule has 6 heteroatoms. The zero-order valence-corrected chi connectivity index (χ0v) is 11.4. The van der Waals surface area contributed by atoms with Crippen molar-refractivity contribution < 1.29 is 13.2 Å². The van der Waals surface area contributed by atoms with E-state index in [0.29, 0.717) is 18.5 Å². The van der Waals surface area contributed by atoms with Crippen molar-refractivity contribution in [1.82, 2.24) is 5.32 Å². The lowest BCUT2D eigenvalue weighted by Crippen LogP contribution is -2.20. The Bertz CT molecular complexity index is 495. The van der Waals surface area contributed by atoms with Gasteiger partial charge in [-0.05, 0) is 24.1 Å². The van der Waals surface area contributed by atoms with Crippen LogP contribution in [0.1, 0.15) is 18.9 Å². The second kappa shape index (κ2) is 6.39. The third-order valence-corrected chi connectivity index (χ3v) is 3.84. The van der Waals surface area contributed by atoms with Crippen molar-refractivity contribution in [1.29, 1.82) is 0 Å². The third-order valence-electron chi connectivity index (χ3n) is 2.34. The van der Waals surface area contributed by atoms with Gasteiger partial charge in [0.1, 0.15) is 0 Å². The molecule has 1 amide bonds. The Labute approximate surface area is 108 Å². The summed E-state index contributed by atoms with van der Waals surface area (Å²) in [7, 11) is -1.68. The molecule has 0 radical (unpaired) electrons. The van der Waals surface area contributed by atoms with Crippen molar-refractivity contribution in [3.8, 4) is 0 Å². The number of hydrogen-bond acceptors (Lipinski definition) is 3. The van der Waals surface area contributed by atoms with Crippen molar-refractivity contribution in [2.45, 2.75) is 19.8 Å². The van der Waals surface area contributed by atoms with Gasteiger partial charge in [-0.25, -0.2) is 8.42 Å². The zero-order valence-electron chi connectivity index (χ0n) is 10.6. The standard InChI is InChI=1S/C12H18N2O3S/c1-3-8-18(16,17)14-11-6-4-10(5-7-11)9-12(15)13-2/h4-7,14H,3,8-9H2,1-2H3,(H,13,15). The number of anilines is 1. The van der Waals surface area contributed by atoms with Gasteiger partial charge >= 0.3 is 0 Å². The maximum Gasteiger partial charge on any atom is 0.232 e. The molecule has 1 rings (SSSR count). The number of likely N-dealkylation sites (N-methyl/N-ethyl adjacent to an activating group) is 1. The summed E-state index contributed by atoms with van der Waals surface area (Å²) in [4.78, 5) is 11.2. The van der Waals surface area contributed by atoms with Crippen molar-refractivity contribution in [3.05, 3.63) is 29.8 Å². The first kappa shape index (κ1) is 14.5. The van der Waals surface area contributed by atoms with Crippen molar-refractivity contribution >= 4 is 21.6 Å². The number of sulfonamides is 1. The number of carbonyl (C=O) groups is 1. The van der Waals surface area contributed by atoms with E-state index in [1.165, 1.54) is 0 Å². The van der Waals surface area contributed by atoms with E-state index in [1.54, 1.807) is 31.3 Å². The predicted octanol–water partition coefficient (Wildman–Crippen LogP) is 1.13. The molecule has 1 aromatic carbocycles. The fourth-order valence-electron chi connectivity index (χ4n) is 1.46. The van der Waals surface area contributed by atoms with Crippen LogP contribution in [0, 0.1) is 0 Å². The number of benzene rings is 1. The van der Waals surface area contributed by atoms with Crippen LogP contribution in [0.25, 0.3) is 0 Å². The van der Waals surface area contributed by atoms with Gasteiger partial charge in [0.05, 0.1) is 12.2 Å². The summed E-state index contributed by atoms with van der Waals surface area (Å²) >= 11 is 0. The Balaban J connectivity index is 2.69. The summed E-state index contributed by atoms with van der Waals surface area (Å²) in [6, 6.07) is 6.79. The van der Waals surface area contributed by atoms with Gasteiger partial charge < -0.3 is 5.32 Å². The smallest absolute Gasteiger partial charge is 0.232 e. The van der Waals surface area contributed by atoms with E-state index in [2.05, 4.69) is 10.0 Å². The molecule has 0 fully saturated rings. The molecule has 0 saturated carbocycles. The monoisotopic (exact) mass is 270 g/mol. The van der Waals surface area contributed by atoms with Crippen LogP contribution in [0.3, 0.4) is 0 Å². The highest BCUT2D eigenvalue weighted by molar-refractivity contribution is 7.92. The maximum atomic E-state index is 11.5. The van der Waals surface area contributed by atoms with Crippen molar-refractivity contribution in [3.63, 3.8) is 0 Å². The SMILES string of the molecule is CCCS(=O)(=O)Nc1ccc(CC(=O)NC)cc1. The summed E-state index contributed by atoms with van der Waals surface area (Å²) < 4.78 is 25.6. The Kier molecular flexibility index (Phi) is 5.15. The van der Waals surface area contributed by atoms with Gasteiger partial charge in [0.25, 0.3) is 0 Å². The summed E-state index contributed by atoms with van der Waals surface area (Å²) in [5, 5.41) is 2.53. The highest BCUT2D eigenvalue weighted by atomic mass is 32.2. The van der Waals surface area contributed by atoms with Gasteiger partial charge in [-0.1, -0.05) is 19.1 Å². The molecule has 0 aliphatic rings. The molecule has 0 aliphatic carbocycles. The molecule has 0 unspecified atom stereocenters. The van der Waals surface area contributed by atoms with Crippen LogP contribution in [0.5, 0.6) is 0 Å². The molecule has 0 aliphatic heterocycles. The number of carbonyl (C=O) groups excluding carboxylic acids is 1. The van der Waals surface area contributed by atoms with Gasteiger partial charge in [-0.2, -0.15) is 0 Å². The van der Waals surface area contributed by atoms with Gasteiger partial charge in [-0.15, -0.1) is 0 Å².